The summed E-state index contributed by atoms with van der Waals surface area (Å²) in [5.41, 5.74) is 5.21. The number of benzene rings is 3. The van der Waals surface area contributed by atoms with E-state index in [9.17, 15) is 18.3 Å². The molecule has 0 spiro atoms. The van der Waals surface area contributed by atoms with Gasteiger partial charge in [0.15, 0.2) is 0 Å². The number of aryl methyl sites for hydroxylation is 3. The Bertz CT molecular complexity index is 1650. The second kappa shape index (κ2) is 9.75. The third kappa shape index (κ3) is 4.38. The Kier molecular flexibility index (Phi) is 6.60. The maximum Gasteiger partial charge on any atom is 0.304 e. The molecule has 0 amide bonds. The van der Waals surface area contributed by atoms with Gasteiger partial charge in [0.1, 0.15) is 22.3 Å². The average Bonchev–Trinajstić information content (AvgIpc) is 3.22. The van der Waals surface area contributed by atoms with Crippen molar-refractivity contribution < 1.29 is 23.1 Å². The molecule has 0 bridgehead atoms. The molecule has 38 heavy (non-hydrogen) atoms. The van der Waals surface area contributed by atoms with E-state index in [1.54, 1.807) is 35.0 Å². The number of rotatable bonds is 6. The fourth-order valence-corrected chi connectivity index (χ4v) is 6.82. The Labute approximate surface area is 221 Å². The quantitative estimate of drug-likeness (QED) is 0.386. The number of carbonyl (C=O) groups is 1. The number of hydrogen-bond acceptors (Lipinski definition) is 6. The second-order valence-electron chi connectivity index (χ2n) is 9.69. The third-order valence-corrected chi connectivity index (χ3v) is 9.09. The maximum atomic E-state index is 13.9. The number of sulfonamides is 1. The molecule has 1 unspecified atom stereocenters. The molecule has 0 aliphatic carbocycles. The molecule has 1 aliphatic rings. The molecule has 0 radical (unpaired) electrons. The second-order valence-corrected chi connectivity index (χ2v) is 11.5. The van der Waals surface area contributed by atoms with Crippen molar-refractivity contribution in [2.45, 2.75) is 50.5 Å². The highest BCUT2D eigenvalue weighted by atomic mass is 32.2. The molecule has 5 rings (SSSR count). The predicted octanol–water partition coefficient (Wildman–Crippen LogP) is 4.56. The lowest BCUT2D eigenvalue weighted by atomic mass is 9.85. The standard InChI is InChI=1S/C28H30N4O5S/c1-5-20-16-32(38(35,36)26-9-7-6-8-25(26)37-20)24-14-19(11-10-17(24)2)22(15-27(33)34)21-12-13-23-28(18(21)3)29-30-31(23)4/h6-14,20,22H,5,15-16H2,1-4H3,(H,33,34)/t20-,22?/m1/s1. The van der Waals surface area contributed by atoms with Gasteiger partial charge in [0.2, 0.25) is 0 Å². The first kappa shape index (κ1) is 25.7. The molecule has 0 fully saturated rings. The molecule has 0 saturated heterocycles. The molecule has 1 aliphatic heterocycles. The van der Waals surface area contributed by atoms with Gasteiger partial charge >= 0.3 is 5.97 Å². The van der Waals surface area contributed by atoms with Gasteiger partial charge in [-0.3, -0.25) is 9.10 Å². The molecule has 2 atom stereocenters. The average molecular weight is 535 g/mol. The van der Waals surface area contributed by atoms with Crippen molar-refractivity contribution in [2.24, 2.45) is 7.05 Å². The van der Waals surface area contributed by atoms with E-state index in [0.29, 0.717) is 28.9 Å². The number of para-hydroxylation sites is 1. The van der Waals surface area contributed by atoms with Crippen LogP contribution in [0.2, 0.25) is 0 Å². The Morgan fingerprint density at radius 3 is 2.66 bits per heavy atom. The Morgan fingerprint density at radius 2 is 1.92 bits per heavy atom. The molecule has 3 aromatic carbocycles. The van der Waals surface area contributed by atoms with E-state index in [2.05, 4.69) is 10.3 Å². The highest BCUT2D eigenvalue weighted by molar-refractivity contribution is 7.93. The van der Waals surface area contributed by atoms with Gasteiger partial charge < -0.3 is 9.84 Å². The Hall–Kier alpha value is -3.92. The van der Waals surface area contributed by atoms with Gasteiger partial charge in [-0.05, 0) is 66.8 Å². The summed E-state index contributed by atoms with van der Waals surface area (Å²) in [6.45, 7) is 5.87. The summed E-state index contributed by atoms with van der Waals surface area (Å²) in [5, 5.41) is 18.2. The summed E-state index contributed by atoms with van der Waals surface area (Å²) >= 11 is 0. The number of aliphatic carboxylic acids is 1. The van der Waals surface area contributed by atoms with Crippen LogP contribution in [0.25, 0.3) is 11.0 Å². The SMILES string of the molecule is CC[C@@H]1CN(c2cc(C(CC(=O)O)c3ccc4c(nnn4C)c3C)ccc2C)S(=O)(=O)c2ccccc2O1. The summed E-state index contributed by atoms with van der Waals surface area (Å²) in [7, 11) is -2.12. The van der Waals surface area contributed by atoms with Crippen LogP contribution in [0.5, 0.6) is 5.75 Å². The first-order valence-electron chi connectivity index (χ1n) is 12.5. The molecular weight excluding hydrogens is 504 g/mol. The zero-order chi connectivity index (χ0) is 27.2. The molecule has 10 heteroatoms. The molecule has 198 valence electrons. The van der Waals surface area contributed by atoms with Gasteiger partial charge in [-0.1, -0.05) is 42.5 Å². The molecule has 4 aromatic rings. The summed E-state index contributed by atoms with van der Waals surface area (Å²) in [5.74, 6) is -1.13. The topological polar surface area (TPSA) is 115 Å². The van der Waals surface area contributed by atoms with E-state index in [1.165, 1.54) is 4.31 Å². The van der Waals surface area contributed by atoms with Crippen LogP contribution in [-0.2, 0) is 21.9 Å². The summed E-state index contributed by atoms with van der Waals surface area (Å²) < 4.78 is 37.0. The lowest BCUT2D eigenvalue weighted by Crippen LogP contribution is -2.37. The minimum Gasteiger partial charge on any atom is -0.487 e. The van der Waals surface area contributed by atoms with Crippen molar-refractivity contribution in [1.82, 2.24) is 15.0 Å². The molecule has 1 N–H and O–H groups in total. The van der Waals surface area contributed by atoms with Crippen molar-refractivity contribution in [1.29, 1.82) is 0 Å². The monoisotopic (exact) mass is 534 g/mol. The van der Waals surface area contributed by atoms with E-state index in [1.807, 2.05) is 52.1 Å². The van der Waals surface area contributed by atoms with Gasteiger partial charge in [0.05, 0.1) is 24.2 Å². The highest BCUT2D eigenvalue weighted by Crippen LogP contribution is 2.39. The van der Waals surface area contributed by atoms with Gasteiger partial charge in [-0.2, -0.15) is 0 Å². The smallest absolute Gasteiger partial charge is 0.304 e. The Balaban J connectivity index is 1.66. The van der Waals surface area contributed by atoms with Gasteiger partial charge in [0, 0.05) is 13.0 Å². The first-order chi connectivity index (χ1) is 18.1. The number of nitrogens with zero attached hydrogens (tertiary/aromatic N) is 4. The summed E-state index contributed by atoms with van der Waals surface area (Å²) in [6.07, 6.45) is 0.122. The number of anilines is 1. The van der Waals surface area contributed by atoms with Crippen molar-refractivity contribution in [3.63, 3.8) is 0 Å². The van der Waals surface area contributed by atoms with Gasteiger partial charge in [-0.25, -0.2) is 13.1 Å². The van der Waals surface area contributed by atoms with Gasteiger partial charge in [0.25, 0.3) is 10.0 Å². The largest absolute Gasteiger partial charge is 0.487 e. The predicted molar refractivity (Wildman–Crippen MR) is 144 cm³/mol. The van der Waals surface area contributed by atoms with E-state index >= 15 is 0 Å². The van der Waals surface area contributed by atoms with Crippen LogP contribution in [-0.4, -0.2) is 47.1 Å². The lowest BCUT2D eigenvalue weighted by molar-refractivity contribution is -0.137. The van der Waals surface area contributed by atoms with Crippen LogP contribution >= 0.6 is 0 Å². The number of carboxylic acids is 1. The van der Waals surface area contributed by atoms with Crippen LogP contribution in [0.15, 0.2) is 59.5 Å². The number of fused-ring (bicyclic) bond motifs is 2. The molecule has 1 aromatic heterocycles. The first-order valence-corrected chi connectivity index (χ1v) is 14.0. The van der Waals surface area contributed by atoms with Crippen molar-refractivity contribution >= 4 is 32.7 Å². The summed E-state index contributed by atoms with van der Waals surface area (Å²) in [6, 6.07) is 16.0. The number of hydrogen-bond donors (Lipinski definition) is 1. The van der Waals surface area contributed by atoms with Crippen LogP contribution in [0.3, 0.4) is 0 Å². The number of aromatic nitrogens is 3. The fraction of sp³-hybridized carbons (Fsp3) is 0.321. The molecule has 2 heterocycles. The van der Waals surface area contributed by atoms with E-state index in [0.717, 1.165) is 22.2 Å². The van der Waals surface area contributed by atoms with Crippen LogP contribution in [0.1, 0.15) is 47.9 Å². The normalized spacial score (nSPS) is 17.5. The van der Waals surface area contributed by atoms with Crippen LogP contribution < -0.4 is 9.04 Å². The number of carboxylic acid groups (broad SMARTS) is 1. The zero-order valence-electron chi connectivity index (χ0n) is 21.7. The maximum absolute atomic E-state index is 13.9. The van der Waals surface area contributed by atoms with E-state index in [-0.39, 0.29) is 24.0 Å². The fourth-order valence-electron chi connectivity index (χ4n) is 5.14. The minimum absolute atomic E-state index is 0.117. The van der Waals surface area contributed by atoms with Crippen LogP contribution in [0.4, 0.5) is 5.69 Å². The zero-order valence-corrected chi connectivity index (χ0v) is 22.6. The minimum atomic E-state index is -3.93. The lowest BCUT2D eigenvalue weighted by Gasteiger charge is -2.28. The van der Waals surface area contributed by atoms with E-state index < -0.39 is 21.9 Å². The van der Waals surface area contributed by atoms with Crippen LogP contribution in [0, 0.1) is 13.8 Å². The molecule has 0 saturated carbocycles. The van der Waals surface area contributed by atoms with E-state index in [4.69, 9.17) is 4.74 Å². The summed E-state index contributed by atoms with van der Waals surface area (Å²) in [4.78, 5) is 12.1. The highest BCUT2D eigenvalue weighted by Gasteiger charge is 2.35. The molecule has 9 nitrogen and oxygen atoms in total. The number of ether oxygens (including phenoxy) is 1. The van der Waals surface area contributed by atoms with Gasteiger partial charge in [-0.15, -0.1) is 5.10 Å². The van der Waals surface area contributed by atoms with Crippen molar-refractivity contribution in [3.05, 3.63) is 76.9 Å². The van der Waals surface area contributed by atoms with Crippen molar-refractivity contribution in [3.8, 4) is 5.75 Å². The Morgan fingerprint density at radius 1 is 1.16 bits per heavy atom. The third-order valence-electron chi connectivity index (χ3n) is 7.27. The van der Waals surface area contributed by atoms with Crippen molar-refractivity contribution in [2.75, 3.05) is 10.8 Å². The molecular formula is C28H30N4O5S.